The van der Waals surface area contributed by atoms with Crippen LogP contribution in [0.25, 0.3) is 11.3 Å². The maximum atomic E-state index is 12.4. The summed E-state index contributed by atoms with van der Waals surface area (Å²) in [4.78, 5) is 45.1. The molecular weight excluding hydrogens is 608 g/mol. The van der Waals surface area contributed by atoms with Crippen LogP contribution >= 0.6 is 0 Å². The van der Waals surface area contributed by atoms with E-state index in [0.29, 0.717) is 17.7 Å². The van der Waals surface area contributed by atoms with Crippen LogP contribution in [-0.2, 0) is 14.4 Å². The highest BCUT2D eigenvalue weighted by Gasteiger charge is 2.40. The Morgan fingerprint density at radius 2 is 1.36 bits per heavy atom. The number of rotatable bonds is 13. The predicted molar refractivity (Wildman–Crippen MR) is 175 cm³/mol. The van der Waals surface area contributed by atoms with E-state index in [1.807, 2.05) is 86.6 Å². The lowest BCUT2D eigenvalue weighted by Crippen LogP contribution is -2.42. The molecule has 12 nitrogen and oxygen atoms in total. The number of carbonyl (C=O) groups is 3. The van der Waals surface area contributed by atoms with Gasteiger partial charge in [0.15, 0.2) is 5.60 Å². The van der Waals surface area contributed by atoms with Gasteiger partial charge >= 0.3 is 17.9 Å². The third kappa shape index (κ3) is 10.8. The Kier molecular flexibility index (Phi) is 13.2. The first-order valence-electron chi connectivity index (χ1n) is 15.2. The number of likely N-dealkylation sites (tertiary alicyclic amines) is 1. The van der Waals surface area contributed by atoms with Crippen LogP contribution in [0, 0.1) is 24.0 Å². The van der Waals surface area contributed by atoms with Crippen molar-refractivity contribution in [3.05, 3.63) is 111 Å². The number of hydrogen-bond acceptors (Lipinski definition) is 8. The summed E-state index contributed by atoms with van der Waals surface area (Å²) in [5, 5.41) is 46.2. The lowest BCUT2D eigenvalue weighted by atomic mass is 9.91. The number of nitrogens with zero attached hydrogens (tertiary/aromatic N) is 2. The van der Waals surface area contributed by atoms with E-state index in [2.05, 4.69) is 4.90 Å². The molecule has 3 aromatic carbocycles. The maximum Gasteiger partial charge on any atom is 0.336 e. The Balaban J connectivity index is 0.000000392. The molecule has 250 valence electrons. The van der Waals surface area contributed by atoms with Crippen LogP contribution in [-0.4, -0.2) is 80.0 Å². The van der Waals surface area contributed by atoms with E-state index < -0.39 is 36.4 Å². The Morgan fingerprint density at radius 1 is 0.830 bits per heavy atom. The average Bonchev–Trinajstić information content (AvgIpc) is 3.01. The lowest BCUT2D eigenvalue weighted by Gasteiger charge is -2.26. The van der Waals surface area contributed by atoms with Crippen molar-refractivity contribution in [3.8, 4) is 5.75 Å². The molecule has 1 aliphatic rings. The smallest absolute Gasteiger partial charge is 0.336 e. The number of carboxylic acid groups (broad SMARTS) is 3. The van der Waals surface area contributed by atoms with Crippen LogP contribution in [0.3, 0.4) is 0 Å². The van der Waals surface area contributed by atoms with E-state index in [9.17, 15) is 24.5 Å². The van der Waals surface area contributed by atoms with Crippen molar-refractivity contribution in [2.24, 2.45) is 0 Å². The number of aliphatic hydroxyl groups is 1. The maximum absolute atomic E-state index is 12.4. The fourth-order valence-corrected chi connectivity index (χ4v) is 5.23. The molecule has 0 radical (unpaired) electrons. The van der Waals surface area contributed by atoms with Gasteiger partial charge in [0.25, 0.3) is 5.70 Å². The van der Waals surface area contributed by atoms with Crippen LogP contribution < -0.4 is 4.74 Å². The molecule has 1 heterocycles. The van der Waals surface area contributed by atoms with Gasteiger partial charge in [0, 0.05) is 6.54 Å². The molecule has 4 rings (SSSR count). The topological polar surface area (TPSA) is 188 Å². The van der Waals surface area contributed by atoms with Gasteiger partial charge in [-0.05, 0) is 74.7 Å². The highest BCUT2D eigenvalue weighted by molar-refractivity contribution is 5.96. The molecule has 0 unspecified atom stereocenters. The summed E-state index contributed by atoms with van der Waals surface area (Å²) in [5.74, 6) is -4.24. The Morgan fingerprint density at radius 3 is 1.85 bits per heavy atom. The number of nitro groups is 1. The second kappa shape index (κ2) is 17.0. The Labute approximate surface area is 272 Å². The fourth-order valence-electron chi connectivity index (χ4n) is 5.23. The molecule has 12 heteroatoms. The molecule has 1 aliphatic heterocycles. The summed E-state index contributed by atoms with van der Waals surface area (Å²) in [5.41, 5.74) is 2.21. The zero-order valence-electron chi connectivity index (χ0n) is 26.4. The number of benzene rings is 3. The van der Waals surface area contributed by atoms with Gasteiger partial charge in [0.2, 0.25) is 0 Å². The number of ether oxygens (including phenoxy) is 1. The van der Waals surface area contributed by atoms with Crippen molar-refractivity contribution in [2.75, 3.05) is 26.2 Å². The number of aliphatic carboxylic acids is 3. The van der Waals surface area contributed by atoms with E-state index in [-0.39, 0.29) is 10.6 Å². The van der Waals surface area contributed by atoms with Crippen molar-refractivity contribution >= 4 is 29.2 Å². The number of piperidine rings is 1. The fraction of sp³-hybridized carbons (Fsp3) is 0.343. The molecular formula is C35H40N2O10. The molecule has 0 aromatic heterocycles. The molecule has 0 aliphatic carbocycles. The number of aryl methyl sites for hydroxylation is 2. The predicted octanol–water partition coefficient (Wildman–Crippen LogP) is 5.11. The minimum absolute atomic E-state index is 0.112. The van der Waals surface area contributed by atoms with Crippen molar-refractivity contribution in [2.45, 2.75) is 51.6 Å². The molecule has 0 bridgehead atoms. The van der Waals surface area contributed by atoms with E-state index in [1.165, 1.54) is 19.3 Å². The quantitative estimate of drug-likeness (QED) is 0.110. The second-order valence-electron chi connectivity index (χ2n) is 11.4. The highest BCUT2D eigenvalue weighted by atomic mass is 16.6. The zero-order valence-corrected chi connectivity index (χ0v) is 26.4. The number of hydrogen-bond donors (Lipinski definition) is 4. The minimum atomic E-state index is -2.74. The largest absolute Gasteiger partial charge is 0.492 e. The molecule has 4 N–H and O–H groups in total. The third-order valence-electron chi connectivity index (χ3n) is 7.71. The van der Waals surface area contributed by atoms with Crippen molar-refractivity contribution in [1.29, 1.82) is 0 Å². The van der Waals surface area contributed by atoms with Gasteiger partial charge in [-0.25, -0.2) is 4.79 Å². The highest BCUT2D eigenvalue weighted by Crippen LogP contribution is 2.35. The van der Waals surface area contributed by atoms with Crippen molar-refractivity contribution in [3.63, 3.8) is 0 Å². The van der Waals surface area contributed by atoms with Crippen LogP contribution in [0.5, 0.6) is 5.75 Å². The first-order valence-corrected chi connectivity index (χ1v) is 15.2. The van der Waals surface area contributed by atoms with E-state index in [0.717, 1.165) is 47.6 Å². The Hall–Kier alpha value is -5.07. The molecule has 3 aromatic rings. The summed E-state index contributed by atoms with van der Waals surface area (Å²) in [6.45, 7) is 7.79. The average molecular weight is 649 g/mol. The van der Waals surface area contributed by atoms with Crippen LogP contribution in [0.1, 0.15) is 59.9 Å². The normalized spacial score (nSPS) is 13.9. The monoisotopic (exact) mass is 648 g/mol. The molecule has 0 atom stereocenters. The van der Waals surface area contributed by atoms with E-state index in [1.54, 1.807) is 0 Å². The molecule has 0 spiro atoms. The summed E-state index contributed by atoms with van der Waals surface area (Å²) < 4.78 is 5.99. The lowest BCUT2D eigenvalue weighted by molar-refractivity contribution is -0.374. The Bertz CT molecular complexity index is 1560. The van der Waals surface area contributed by atoms with Crippen LogP contribution in [0.15, 0.2) is 72.8 Å². The summed E-state index contributed by atoms with van der Waals surface area (Å²) in [6.07, 6.45) is 1.57. The van der Waals surface area contributed by atoms with Gasteiger partial charge in [-0.2, -0.15) is 0 Å². The van der Waals surface area contributed by atoms with Gasteiger partial charge in [0.1, 0.15) is 12.4 Å². The summed E-state index contributed by atoms with van der Waals surface area (Å²) in [7, 11) is 0. The zero-order chi connectivity index (χ0) is 34.6. The van der Waals surface area contributed by atoms with Crippen molar-refractivity contribution < 1.29 is 44.5 Å². The summed E-state index contributed by atoms with van der Waals surface area (Å²) >= 11 is 0. The first-order chi connectivity index (χ1) is 22.3. The minimum Gasteiger partial charge on any atom is -0.492 e. The van der Waals surface area contributed by atoms with Gasteiger partial charge in [-0.1, -0.05) is 66.6 Å². The van der Waals surface area contributed by atoms with Crippen LogP contribution in [0.4, 0.5) is 0 Å². The molecule has 0 saturated carbocycles. The standard InChI is InChI=1S/C29H32N2O3.C6H8O7/c1-22-10-12-24(13-11-22)28(29(31(32)33)27-9-5-4-8-23(27)2)25-14-16-26(17-15-25)34-21-20-30-18-6-3-7-19-30;7-3(8)1-6(13,5(11)12)2-4(9)10/h4-5,8-17H,3,6-7,18-21H2,1-2H3;13H,1-2H2,(H,7,8)(H,9,10)(H,11,12)/b29-28+;. The van der Waals surface area contributed by atoms with Gasteiger partial charge < -0.3 is 25.2 Å². The van der Waals surface area contributed by atoms with Gasteiger partial charge in [-0.15, -0.1) is 0 Å². The summed E-state index contributed by atoms with van der Waals surface area (Å²) in [6, 6.07) is 23.0. The van der Waals surface area contributed by atoms with Gasteiger partial charge in [-0.3, -0.25) is 24.6 Å². The van der Waals surface area contributed by atoms with Crippen LogP contribution in [0.2, 0.25) is 0 Å². The van der Waals surface area contributed by atoms with E-state index >= 15 is 0 Å². The first kappa shape index (κ1) is 36.4. The second-order valence-corrected chi connectivity index (χ2v) is 11.4. The SMILES string of the molecule is Cc1ccc(/C(=C(/c2ccccc2C)[N+](=O)[O-])c2ccc(OCCN3CCCCC3)cc2)cc1.O=C(O)CC(O)(CC(=O)O)C(=O)O. The molecule has 1 saturated heterocycles. The third-order valence-corrected chi connectivity index (χ3v) is 7.71. The molecule has 0 amide bonds. The number of carboxylic acids is 3. The van der Waals surface area contributed by atoms with Crippen molar-refractivity contribution in [1.82, 2.24) is 4.90 Å². The molecule has 1 fully saturated rings. The molecule has 47 heavy (non-hydrogen) atoms. The van der Waals surface area contributed by atoms with Gasteiger partial charge in [0.05, 0.1) is 28.9 Å². The van der Waals surface area contributed by atoms with E-state index in [4.69, 9.17) is 25.2 Å².